The molecule has 1 fully saturated rings. The van der Waals surface area contributed by atoms with Crippen molar-refractivity contribution in [3.8, 4) is 0 Å². The van der Waals surface area contributed by atoms with E-state index >= 15 is 0 Å². The first-order valence-corrected chi connectivity index (χ1v) is 12.4. The molecule has 2 aromatic heterocycles. The minimum atomic E-state index is -3.68. The number of amides is 1. The molecule has 10 heteroatoms. The number of aryl methyl sites for hydroxylation is 1. The third-order valence-corrected chi connectivity index (χ3v) is 7.92. The van der Waals surface area contributed by atoms with Crippen LogP contribution in [0.2, 0.25) is 0 Å². The highest BCUT2D eigenvalue weighted by Crippen LogP contribution is 2.23. The number of rotatable bonds is 7. The number of piperidine rings is 1. The molecule has 1 aromatic carbocycles. The van der Waals surface area contributed by atoms with E-state index in [1.807, 2.05) is 24.3 Å². The molecular formula is C23H28N4O5S. The average molecular weight is 473 g/mol. The third kappa shape index (κ3) is 4.67. The predicted molar refractivity (Wildman–Crippen MR) is 123 cm³/mol. The first kappa shape index (κ1) is 23.1. The Morgan fingerprint density at radius 2 is 1.91 bits per heavy atom. The Hall–Kier alpha value is -3.11. The maximum absolute atomic E-state index is 13.0. The number of esters is 1. The summed E-state index contributed by atoms with van der Waals surface area (Å²) in [5, 5.41) is 3.67. The van der Waals surface area contributed by atoms with Crippen LogP contribution in [0.15, 0.2) is 47.6 Å². The van der Waals surface area contributed by atoms with Crippen LogP contribution >= 0.6 is 0 Å². The first-order valence-electron chi connectivity index (χ1n) is 10.9. The lowest BCUT2D eigenvalue weighted by Gasteiger charge is -2.25. The Labute approximate surface area is 192 Å². The minimum absolute atomic E-state index is 0.0725. The summed E-state index contributed by atoms with van der Waals surface area (Å²) in [6.07, 6.45) is 6.14. The van der Waals surface area contributed by atoms with Crippen molar-refractivity contribution in [2.75, 3.05) is 20.2 Å². The molecule has 4 rings (SSSR count). The Kier molecular flexibility index (Phi) is 6.57. The van der Waals surface area contributed by atoms with Crippen molar-refractivity contribution in [2.45, 2.75) is 36.6 Å². The van der Waals surface area contributed by atoms with E-state index < -0.39 is 27.9 Å². The van der Waals surface area contributed by atoms with Crippen molar-refractivity contribution in [3.63, 3.8) is 0 Å². The number of carbonyl (C=O) groups excluding carboxylic acids is 2. The zero-order valence-corrected chi connectivity index (χ0v) is 19.5. The maximum atomic E-state index is 13.0. The molecule has 3 aromatic rings. The highest BCUT2D eigenvalue weighted by molar-refractivity contribution is 7.89. The molecule has 0 aliphatic carbocycles. The normalized spacial score (nSPS) is 15.9. The highest BCUT2D eigenvalue weighted by atomic mass is 32.2. The number of fused-ring (bicyclic) bond motifs is 1. The van der Waals surface area contributed by atoms with Crippen LogP contribution < -0.4 is 5.32 Å². The molecule has 0 bridgehead atoms. The number of H-pyrrole nitrogens is 1. The summed E-state index contributed by atoms with van der Waals surface area (Å²) in [5.41, 5.74) is 1.94. The monoisotopic (exact) mass is 472 g/mol. The first-order chi connectivity index (χ1) is 15.8. The Bertz CT molecular complexity index is 1270. The number of methoxy groups -OCH3 is 1. The fourth-order valence-corrected chi connectivity index (χ4v) is 5.83. The summed E-state index contributed by atoms with van der Waals surface area (Å²) < 4.78 is 33.8. The van der Waals surface area contributed by atoms with Crippen LogP contribution in [0.4, 0.5) is 0 Å². The second-order valence-corrected chi connectivity index (χ2v) is 10.2. The summed E-state index contributed by atoms with van der Waals surface area (Å²) in [6, 6.07) is 8.11. The van der Waals surface area contributed by atoms with Crippen LogP contribution in [-0.4, -0.2) is 60.4 Å². The van der Waals surface area contributed by atoms with Crippen LogP contribution in [-0.2, 0) is 33.0 Å². The number of carbonyl (C=O) groups is 2. The van der Waals surface area contributed by atoms with Gasteiger partial charge >= 0.3 is 5.97 Å². The molecule has 0 unspecified atom stereocenters. The molecule has 2 N–H and O–H groups in total. The number of para-hydroxylation sites is 1. The van der Waals surface area contributed by atoms with Crippen molar-refractivity contribution in [2.24, 2.45) is 7.05 Å². The van der Waals surface area contributed by atoms with Gasteiger partial charge in [-0.3, -0.25) is 4.79 Å². The number of sulfonamides is 1. The van der Waals surface area contributed by atoms with E-state index in [4.69, 9.17) is 4.74 Å². The number of ether oxygens (including phenoxy) is 1. The summed E-state index contributed by atoms with van der Waals surface area (Å²) in [6.45, 7) is 0.960. The van der Waals surface area contributed by atoms with Crippen LogP contribution in [0.1, 0.15) is 35.3 Å². The summed E-state index contributed by atoms with van der Waals surface area (Å²) in [4.78, 5) is 28.7. The quantitative estimate of drug-likeness (QED) is 0.512. The highest BCUT2D eigenvalue weighted by Gasteiger charge is 2.30. The van der Waals surface area contributed by atoms with Gasteiger partial charge in [-0.2, -0.15) is 4.31 Å². The van der Waals surface area contributed by atoms with Gasteiger partial charge in [0.25, 0.3) is 5.91 Å². The van der Waals surface area contributed by atoms with Crippen molar-refractivity contribution in [1.29, 1.82) is 0 Å². The Morgan fingerprint density at radius 1 is 1.18 bits per heavy atom. The number of aromatic amines is 1. The van der Waals surface area contributed by atoms with Gasteiger partial charge in [-0.1, -0.05) is 24.6 Å². The van der Waals surface area contributed by atoms with Gasteiger partial charge in [0, 0.05) is 49.9 Å². The third-order valence-electron chi connectivity index (χ3n) is 6.06. The molecule has 0 radical (unpaired) electrons. The lowest BCUT2D eigenvalue weighted by molar-refractivity contribution is -0.142. The second-order valence-electron chi connectivity index (χ2n) is 8.25. The lowest BCUT2D eigenvalue weighted by Crippen LogP contribution is -2.43. The SMILES string of the molecule is COC(=O)[C@@H](Cc1c[nH]c2ccccc12)NC(=O)c1cc(S(=O)(=O)N2CCCCC2)cn1C. The number of nitrogens with one attached hydrogen (secondary N) is 2. The van der Waals surface area contributed by atoms with Gasteiger partial charge < -0.3 is 19.6 Å². The van der Waals surface area contributed by atoms with Gasteiger partial charge in [0.2, 0.25) is 10.0 Å². The molecule has 1 saturated heterocycles. The van der Waals surface area contributed by atoms with Crippen LogP contribution in [0, 0.1) is 0 Å². The molecule has 1 atom stereocenters. The van der Waals surface area contributed by atoms with Crippen molar-refractivity contribution >= 4 is 32.8 Å². The molecule has 33 heavy (non-hydrogen) atoms. The number of benzene rings is 1. The van der Waals surface area contributed by atoms with E-state index in [0.29, 0.717) is 13.1 Å². The molecule has 0 spiro atoms. The van der Waals surface area contributed by atoms with Gasteiger partial charge in [-0.15, -0.1) is 0 Å². The molecule has 1 aliphatic rings. The van der Waals surface area contributed by atoms with E-state index in [1.54, 1.807) is 13.2 Å². The summed E-state index contributed by atoms with van der Waals surface area (Å²) >= 11 is 0. The number of hydrogen-bond donors (Lipinski definition) is 2. The zero-order valence-electron chi connectivity index (χ0n) is 18.7. The van der Waals surface area contributed by atoms with E-state index in [-0.39, 0.29) is 17.0 Å². The van der Waals surface area contributed by atoms with Crippen LogP contribution in [0.25, 0.3) is 10.9 Å². The van der Waals surface area contributed by atoms with Crippen LogP contribution in [0.3, 0.4) is 0 Å². The average Bonchev–Trinajstić information content (AvgIpc) is 3.42. The number of aromatic nitrogens is 2. The van der Waals surface area contributed by atoms with Crippen molar-refractivity contribution in [1.82, 2.24) is 19.2 Å². The van der Waals surface area contributed by atoms with E-state index in [1.165, 1.54) is 28.2 Å². The fourth-order valence-electron chi connectivity index (χ4n) is 4.24. The molecule has 9 nitrogen and oxygen atoms in total. The minimum Gasteiger partial charge on any atom is -0.467 e. The number of nitrogens with zero attached hydrogens (tertiary/aromatic N) is 2. The Morgan fingerprint density at radius 3 is 2.64 bits per heavy atom. The van der Waals surface area contributed by atoms with E-state index in [9.17, 15) is 18.0 Å². The van der Waals surface area contributed by atoms with Crippen molar-refractivity contribution < 1.29 is 22.7 Å². The predicted octanol–water partition coefficient (Wildman–Crippen LogP) is 2.20. The van der Waals surface area contributed by atoms with Crippen LogP contribution in [0.5, 0.6) is 0 Å². The molecule has 1 aliphatic heterocycles. The van der Waals surface area contributed by atoms with Gasteiger partial charge in [0.05, 0.1) is 7.11 Å². The van der Waals surface area contributed by atoms with E-state index in [0.717, 1.165) is 35.7 Å². The van der Waals surface area contributed by atoms with Gasteiger partial charge in [-0.05, 0) is 30.5 Å². The Balaban J connectivity index is 1.55. The smallest absolute Gasteiger partial charge is 0.328 e. The second kappa shape index (κ2) is 9.40. The standard InChI is InChI=1S/C23H28N4O5S/c1-26-15-17(33(30,31)27-10-6-3-7-11-27)13-21(26)22(28)25-20(23(29)32-2)12-16-14-24-19-9-5-4-8-18(16)19/h4-5,8-9,13-15,20,24H,3,6-7,10-12H2,1-2H3,(H,25,28)/t20-/m1/s1. The van der Waals surface area contributed by atoms with Crippen molar-refractivity contribution in [3.05, 3.63) is 54.0 Å². The molecule has 0 saturated carbocycles. The number of hydrogen-bond acceptors (Lipinski definition) is 5. The zero-order chi connectivity index (χ0) is 23.6. The molecular weight excluding hydrogens is 444 g/mol. The van der Waals surface area contributed by atoms with Gasteiger partial charge in [0.15, 0.2) is 0 Å². The van der Waals surface area contributed by atoms with E-state index in [2.05, 4.69) is 10.3 Å². The molecule has 1 amide bonds. The molecule has 176 valence electrons. The maximum Gasteiger partial charge on any atom is 0.328 e. The fraction of sp³-hybridized carbons (Fsp3) is 0.391. The summed E-state index contributed by atoms with van der Waals surface area (Å²) in [7, 11) is -0.801. The van der Waals surface area contributed by atoms with Gasteiger partial charge in [0.1, 0.15) is 16.6 Å². The summed E-state index contributed by atoms with van der Waals surface area (Å²) in [5.74, 6) is -1.13. The lowest BCUT2D eigenvalue weighted by atomic mass is 10.0. The largest absolute Gasteiger partial charge is 0.467 e. The van der Waals surface area contributed by atoms with Gasteiger partial charge in [-0.25, -0.2) is 13.2 Å². The molecule has 3 heterocycles. The topological polar surface area (TPSA) is 113 Å².